The van der Waals surface area contributed by atoms with Gasteiger partial charge in [-0.25, -0.2) is 0 Å². The highest BCUT2D eigenvalue weighted by Gasteiger charge is 2.30. The molecule has 0 saturated carbocycles. The fourth-order valence-electron chi connectivity index (χ4n) is 4.45. The van der Waals surface area contributed by atoms with Gasteiger partial charge in [-0.1, -0.05) is 18.2 Å². The van der Waals surface area contributed by atoms with Crippen LogP contribution in [0, 0.1) is 0 Å². The molecule has 2 atom stereocenters. The molecule has 0 saturated heterocycles. The highest BCUT2D eigenvalue weighted by Crippen LogP contribution is 2.36. The third-order valence-corrected chi connectivity index (χ3v) is 6.41. The van der Waals surface area contributed by atoms with Crippen LogP contribution in [0.1, 0.15) is 34.6 Å². The van der Waals surface area contributed by atoms with Crippen molar-refractivity contribution in [2.24, 2.45) is 0 Å². The Bertz CT molecular complexity index is 1110. The number of aromatic hydroxyl groups is 1. The number of rotatable bonds is 7. The molecule has 0 spiro atoms. The van der Waals surface area contributed by atoms with E-state index < -0.39 is 0 Å². The molecule has 1 aliphatic carbocycles. The summed E-state index contributed by atoms with van der Waals surface area (Å²) in [6.07, 6.45) is 6.55. The van der Waals surface area contributed by atoms with Crippen LogP contribution >= 0.6 is 12.2 Å². The summed E-state index contributed by atoms with van der Waals surface area (Å²) in [5.41, 5.74) is 4.83. The molecule has 7 heteroatoms. The third-order valence-electron chi connectivity index (χ3n) is 6.15. The Morgan fingerprint density at radius 1 is 1.12 bits per heavy atom. The van der Waals surface area contributed by atoms with Crippen molar-refractivity contribution in [2.45, 2.75) is 37.8 Å². The summed E-state index contributed by atoms with van der Waals surface area (Å²) in [4.78, 5) is 4.30. The van der Waals surface area contributed by atoms with E-state index in [4.69, 9.17) is 21.7 Å². The van der Waals surface area contributed by atoms with E-state index in [1.54, 1.807) is 25.4 Å². The van der Waals surface area contributed by atoms with Crippen LogP contribution in [0.25, 0.3) is 0 Å². The second kappa shape index (κ2) is 10.5. The van der Waals surface area contributed by atoms with Crippen LogP contribution in [-0.2, 0) is 19.4 Å². The molecule has 2 aromatic carbocycles. The lowest BCUT2D eigenvalue weighted by atomic mass is 9.76. The normalized spacial score (nSPS) is 17.0. The fraction of sp³-hybridized carbons (Fsp3) is 0.308. The Morgan fingerprint density at radius 2 is 2.00 bits per heavy atom. The van der Waals surface area contributed by atoms with Gasteiger partial charge in [-0.2, -0.15) is 0 Å². The van der Waals surface area contributed by atoms with Gasteiger partial charge in [0, 0.05) is 30.9 Å². The second-order valence-electron chi connectivity index (χ2n) is 8.22. The monoisotopic (exact) mass is 463 g/mol. The molecule has 0 radical (unpaired) electrons. The van der Waals surface area contributed by atoms with E-state index in [0.29, 0.717) is 17.4 Å². The number of benzene rings is 2. The molecule has 0 bridgehead atoms. The van der Waals surface area contributed by atoms with Crippen molar-refractivity contribution in [1.82, 2.24) is 15.6 Å². The summed E-state index contributed by atoms with van der Waals surface area (Å²) < 4.78 is 10.6. The van der Waals surface area contributed by atoms with Gasteiger partial charge in [0.25, 0.3) is 0 Å². The lowest BCUT2D eigenvalue weighted by Crippen LogP contribution is -2.46. The number of hydrogen-bond acceptors (Lipinski definition) is 5. The molecule has 6 nitrogen and oxygen atoms in total. The van der Waals surface area contributed by atoms with Crippen molar-refractivity contribution >= 4 is 17.3 Å². The number of ether oxygens (including phenoxy) is 2. The van der Waals surface area contributed by atoms with Gasteiger partial charge in [-0.3, -0.25) is 4.98 Å². The average Bonchev–Trinajstić information content (AvgIpc) is 2.85. The molecule has 3 N–H and O–H groups in total. The first-order chi connectivity index (χ1) is 16.1. The zero-order valence-corrected chi connectivity index (χ0v) is 19.7. The number of phenolic OH excluding ortho intramolecular Hbond substituents is 1. The predicted octanol–water partition coefficient (Wildman–Crippen LogP) is 4.11. The maximum atomic E-state index is 9.80. The smallest absolute Gasteiger partial charge is 0.166 e. The molecule has 2 unspecified atom stereocenters. The minimum atomic E-state index is 0.123. The lowest BCUT2D eigenvalue weighted by molar-refractivity contribution is 0.373. The van der Waals surface area contributed by atoms with Crippen molar-refractivity contribution in [3.63, 3.8) is 0 Å². The van der Waals surface area contributed by atoms with Crippen LogP contribution in [0.3, 0.4) is 0 Å². The summed E-state index contributed by atoms with van der Waals surface area (Å²) in [6.45, 7) is 0.538. The molecule has 1 aromatic heterocycles. The maximum Gasteiger partial charge on any atom is 0.166 e. The highest BCUT2D eigenvalue weighted by molar-refractivity contribution is 7.80. The number of pyridine rings is 1. The molecule has 0 amide bonds. The van der Waals surface area contributed by atoms with Crippen LogP contribution < -0.4 is 20.1 Å². The molecule has 4 rings (SSSR count). The summed E-state index contributed by atoms with van der Waals surface area (Å²) in [5.74, 6) is 1.72. The van der Waals surface area contributed by atoms with Gasteiger partial charge in [0.05, 0.1) is 14.2 Å². The lowest BCUT2D eigenvalue weighted by Gasteiger charge is -2.35. The third kappa shape index (κ3) is 5.54. The Morgan fingerprint density at radius 3 is 2.76 bits per heavy atom. The fourth-order valence-corrected chi connectivity index (χ4v) is 4.67. The minimum absolute atomic E-state index is 0.123. The van der Waals surface area contributed by atoms with Gasteiger partial charge in [0.1, 0.15) is 5.75 Å². The Kier molecular flexibility index (Phi) is 7.29. The average molecular weight is 464 g/mol. The summed E-state index contributed by atoms with van der Waals surface area (Å²) in [6, 6.07) is 15.9. The minimum Gasteiger partial charge on any atom is -0.504 e. The molecule has 172 valence electrons. The summed E-state index contributed by atoms with van der Waals surface area (Å²) in [7, 11) is 3.24. The molecule has 0 aliphatic heterocycles. The molecular formula is C26H29N3O3S. The van der Waals surface area contributed by atoms with Crippen LogP contribution in [0.15, 0.2) is 60.9 Å². The van der Waals surface area contributed by atoms with Crippen LogP contribution in [0.5, 0.6) is 17.2 Å². The van der Waals surface area contributed by atoms with Crippen LogP contribution in [-0.4, -0.2) is 35.5 Å². The number of thiocarbonyl (C=S) groups is 1. The van der Waals surface area contributed by atoms with Crippen molar-refractivity contribution < 1.29 is 14.6 Å². The quantitative estimate of drug-likeness (QED) is 0.455. The van der Waals surface area contributed by atoms with E-state index in [1.165, 1.54) is 23.8 Å². The zero-order chi connectivity index (χ0) is 23.2. The van der Waals surface area contributed by atoms with E-state index in [9.17, 15) is 5.11 Å². The predicted molar refractivity (Wildman–Crippen MR) is 133 cm³/mol. The number of nitrogens with one attached hydrogen (secondary N) is 2. The first-order valence-electron chi connectivity index (χ1n) is 11.0. The molecular weight excluding hydrogens is 434 g/mol. The Hall–Kier alpha value is -3.32. The number of aryl methyl sites for hydroxylation is 1. The van der Waals surface area contributed by atoms with Crippen molar-refractivity contribution in [3.05, 3.63) is 83.2 Å². The van der Waals surface area contributed by atoms with Crippen LogP contribution in [0.4, 0.5) is 0 Å². The molecule has 1 aliphatic rings. The SMILES string of the molecule is COc1ccc2c(c1)CCC(NC(=S)NCc1ccc(O)c(OC)c1)C2Cc1cccnc1. The number of hydrogen-bond donors (Lipinski definition) is 3. The first kappa shape index (κ1) is 22.9. The number of nitrogens with zero attached hydrogens (tertiary/aromatic N) is 1. The summed E-state index contributed by atoms with van der Waals surface area (Å²) >= 11 is 5.64. The van der Waals surface area contributed by atoms with Crippen LogP contribution in [0.2, 0.25) is 0 Å². The largest absolute Gasteiger partial charge is 0.504 e. The Labute approximate surface area is 200 Å². The molecule has 1 heterocycles. The summed E-state index contributed by atoms with van der Waals surface area (Å²) in [5, 5.41) is 17.3. The molecule has 0 fully saturated rings. The van der Waals surface area contributed by atoms with Crippen molar-refractivity contribution in [3.8, 4) is 17.2 Å². The van der Waals surface area contributed by atoms with Gasteiger partial charge in [0.2, 0.25) is 0 Å². The van der Waals surface area contributed by atoms with E-state index >= 15 is 0 Å². The van der Waals surface area contributed by atoms with Gasteiger partial charge in [-0.15, -0.1) is 0 Å². The topological polar surface area (TPSA) is 75.6 Å². The van der Waals surface area contributed by atoms with E-state index in [1.807, 2.05) is 24.4 Å². The Balaban J connectivity index is 1.48. The van der Waals surface area contributed by atoms with Crippen molar-refractivity contribution in [2.75, 3.05) is 14.2 Å². The van der Waals surface area contributed by atoms with Gasteiger partial charge < -0.3 is 25.2 Å². The van der Waals surface area contributed by atoms with Gasteiger partial charge in [0.15, 0.2) is 16.6 Å². The molecule has 33 heavy (non-hydrogen) atoms. The van der Waals surface area contributed by atoms with E-state index in [0.717, 1.165) is 30.6 Å². The highest BCUT2D eigenvalue weighted by atomic mass is 32.1. The standard InChI is InChI=1S/C26H29N3O3S/c1-31-20-7-8-21-19(14-20)6-9-23(22(21)12-17-4-3-11-27-15-17)29-26(33)28-16-18-5-10-24(30)25(13-18)32-2/h3-5,7-8,10-11,13-15,22-23,30H,6,9,12,16H2,1-2H3,(H2,28,29,33). The van der Waals surface area contributed by atoms with Gasteiger partial charge >= 0.3 is 0 Å². The second-order valence-corrected chi connectivity index (χ2v) is 8.62. The van der Waals surface area contributed by atoms with Gasteiger partial charge in [-0.05, 0) is 84.1 Å². The van der Waals surface area contributed by atoms with Crippen molar-refractivity contribution in [1.29, 1.82) is 0 Å². The first-order valence-corrected chi connectivity index (χ1v) is 11.4. The zero-order valence-electron chi connectivity index (χ0n) is 18.9. The number of fused-ring (bicyclic) bond motifs is 1. The number of phenols is 1. The number of methoxy groups -OCH3 is 2. The maximum absolute atomic E-state index is 9.80. The van der Waals surface area contributed by atoms with E-state index in [2.05, 4.69) is 33.8 Å². The van der Waals surface area contributed by atoms with E-state index in [-0.39, 0.29) is 17.7 Å². The number of aromatic nitrogens is 1. The molecule has 3 aromatic rings.